The van der Waals surface area contributed by atoms with Crippen molar-refractivity contribution in [1.29, 1.82) is 0 Å². The Balaban J connectivity index is 1.62. The second-order valence-corrected chi connectivity index (χ2v) is 6.10. The summed E-state index contributed by atoms with van der Waals surface area (Å²) in [4.78, 5) is 16.1. The molecule has 3 rings (SSSR count). The molecule has 0 radical (unpaired) electrons. The monoisotopic (exact) mass is 375 g/mol. The van der Waals surface area contributed by atoms with E-state index in [-0.39, 0.29) is 17.2 Å². The van der Waals surface area contributed by atoms with Crippen LogP contribution >= 0.6 is 23.2 Å². The van der Waals surface area contributed by atoms with E-state index in [0.29, 0.717) is 10.8 Å². The van der Waals surface area contributed by atoms with Crippen LogP contribution in [0.2, 0.25) is 10.2 Å². The standard InChI is InChI=1S/C17H15Cl2N5O/c1-11(12-3-5-13(6-4-12)24-10-2-9-20-24)21-17(25)23-15-8-7-14(18)16(19)22-15/h2-11H,1H3,(H2,21,22,23,25). The number of hydrogen-bond donors (Lipinski definition) is 2. The summed E-state index contributed by atoms with van der Waals surface area (Å²) in [7, 11) is 0. The van der Waals surface area contributed by atoms with Crippen LogP contribution in [0.1, 0.15) is 18.5 Å². The smallest absolute Gasteiger partial charge is 0.320 e. The topological polar surface area (TPSA) is 71.8 Å². The number of hydrogen-bond acceptors (Lipinski definition) is 3. The summed E-state index contributed by atoms with van der Waals surface area (Å²) in [5.41, 5.74) is 1.92. The molecule has 1 atom stereocenters. The molecule has 3 aromatic rings. The summed E-state index contributed by atoms with van der Waals surface area (Å²) >= 11 is 11.6. The van der Waals surface area contributed by atoms with Gasteiger partial charge in [-0.2, -0.15) is 5.10 Å². The molecule has 0 saturated heterocycles. The van der Waals surface area contributed by atoms with Crippen LogP contribution in [0.25, 0.3) is 5.69 Å². The largest absolute Gasteiger partial charge is 0.331 e. The minimum atomic E-state index is -0.380. The van der Waals surface area contributed by atoms with Crippen molar-refractivity contribution in [1.82, 2.24) is 20.1 Å². The van der Waals surface area contributed by atoms with Crippen molar-refractivity contribution in [2.24, 2.45) is 0 Å². The SMILES string of the molecule is CC(NC(=O)Nc1ccc(Cl)c(Cl)n1)c1ccc(-n2cccn2)cc1. The van der Waals surface area contributed by atoms with E-state index in [0.717, 1.165) is 11.3 Å². The Kier molecular flexibility index (Phi) is 5.21. The summed E-state index contributed by atoms with van der Waals surface area (Å²) in [5.74, 6) is 0.327. The van der Waals surface area contributed by atoms with Gasteiger partial charge in [-0.3, -0.25) is 5.32 Å². The maximum absolute atomic E-state index is 12.1. The molecule has 0 saturated carbocycles. The zero-order chi connectivity index (χ0) is 17.8. The Morgan fingerprint density at radius 1 is 1.16 bits per heavy atom. The first-order chi connectivity index (χ1) is 12.0. The summed E-state index contributed by atoms with van der Waals surface area (Å²) in [5, 5.41) is 10.1. The van der Waals surface area contributed by atoms with Crippen molar-refractivity contribution >= 4 is 35.1 Å². The number of carbonyl (C=O) groups excluding carboxylic acids is 1. The van der Waals surface area contributed by atoms with Gasteiger partial charge in [-0.05, 0) is 42.8 Å². The van der Waals surface area contributed by atoms with E-state index < -0.39 is 0 Å². The lowest BCUT2D eigenvalue weighted by Crippen LogP contribution is -2.31. The zero-order valence-electron chi connectivity index (χ0n) is 13.3. The van der Waals surface area contributed by atoms with Gasteiger partial charge in [0, 0.05) is 12.4 Å². The molecule has 6 nitrogen and oxygen atoms in total. The first-order valence-electron chi connectivity index (χ1n) is 7.52. The summed E-state index contributed by atoms with van der Waals surface area (Å²) < 4.78 is 1.77. The first kappa shape index (κ1) is 17.3. The molecule has 1 aromatic carbocycles. The maximum Gasteiger partial charge on any atom is 0.320 e. The van der Waals surface area contributed by atoms with Crippen LogP contribution in [0.4, 0.5) is 10.6 Å². The van der Waals surface area contributed by atoms with Crippen LogP contribution in [-0.4, -0.2) is 20.8 Å². The predicted octanol–water partition coefficient (Wildman–Crippen LogP) is 4.46. The lowest BCUT2D eigenvalue weighted by atomic mass is 10.1. The van der Waals surface area contributed by atoms with Crippen LogP contribution in [0.15, 0.2) is 54.9 Å². The Morgan fingerprint density at radius 3 is 2.56 bits per heavy atom. The van der Waals surface area contributed by atoms with Gasteiger partial charge in [0.05, 0.1) is 16.8 Å². The molecule has 1 unspecified atom stereocenters. The molecular weight excluding hydrogens is 361 g/mol. The molecule has 2 aromatic heterocycles. The molecule has 2 N–H and O–H groups in total. The molecule has 0 aliphatic carbocycles. The normalized spacial score (nSPS) is 11.8. The average Bonchev–Trinajstić information content (AvgIpc) is 3.13. The second kappa shape index (κ2) is 7.55. The third-order valence-electron chi connectivity index (χ3n) is 3.55. The van der Waals surface area contributed by atoms with E-state index in [4.69, 9.17) is 23.2 Å². The van der Waals surface area contributed by atoms with Gasteiger partial charge in [-0.1, -0.05) is 35.3 Å². The van der Waals surface area contributed by atoms with Gasteiger partial charge in [0.25, 0.3) is 0 Å². The molecule has 0 bridgehead atoms. The Bertz CT molecular complexity index is 865. The van der Waals surface area contributed by atoms with Crippen molar-refractivity contribution in [3.63, 3.8) is 0 Å². The zero-order valence-corrected chi connectivity index (χ0v) is 14.8. The number of anilines is 1. The molecular formula is C17H15Cl2N5O. The van der Waals surface area contributed by atoms with Crippen molar-refractivity contribution < 1.29 is 4.79 Å². The molecule has 2 heterocycles. The highest BCUT2D eigenvalue weighted by Crippen LogP contribution is 2.21. The van der Waals surface area contributed by atoms with Gasteiger partial charge < -0.3 is 5.32 Å². The number of halogens is 2. The minimum absolute atomic E-state index is 0.140. The van der Waals surface area contributed by atoms with E-state index >= 15 is 0 Å². The molecule has 0 aliphatic heterocycles. The maximum atomic E-state index is 12.1. The van der Waals surface area contributed by atoms with Gasteiger partial charge in [0.1, 0.15) is 11.0 Å². The van der Waals surface area contributed by atoms with Crippen LogP contribution in [-0.2, 0) is 0 Å². The van der Waals surface area contributed by atoms with E-state index in [9.17, 15) is 4.79 Å². The van der Waals surface area contributed by atoms with Crippen LogP contribution in [0, 0.1) is 0 Å². The highest BCUT2D eigenvalue weighted by molar-refractivity contribution is 6.41. The van der Waals surface area contributed by atoms with Crippen molar-refractivity contribution in [3.05, 3.63) is 70.6 Å². The summed E-state index contributed by atoms with van der Waals surface area (Å²) in [6, 6.07) is 12.2. The fourth-order valence-electron chi connectivity index (χ4n) is 2.26. The number of carbonyl (C=O) groups is 1. The number of rotatable bonds is 4. The number of amides is 2. The van der Waals surface area contributed by atoms with E-state index in [2.05, 4.69) is 20.7 Å². The van der Waals surface area contributed by atoms with Crippen LogP contribution < -0.4 is 10.6 Å². The quantitative estimate of drug-likeness (QED) is 0.661. The molecule has 8 heteroatoms. The molecule has 0 spiro atoms. The number of nitrogens with one attached hydrogen (secondary N) is 2. The minimum Gasteiger partial charge on any atom is -0.331 e. The van der Waals surface area contributed by atoms with Crippen LogP contribution in [0.3, 0.4) is 0 Å². The fourth-order valence-corrected chi connectivity index (χ4v) is 2.52. The van der Waals surface area contributed by atoms with Gasteiger partial charge in [-0.15, -0.1) is 0 Å². The number of benzene rings is 1. The van der Waals surface area contributed by atoms with Gasteiger partial charge >= 0.3 is 6.03 Å². The number of aromatic nitrogens is 3. The number of pyridine rings is 1. The van der Waals surface area contributed by atoms with Crippen molar-refractivity contribution in [2.45, 2.75) is 13.0 Å². The Morgan fingerprint density at radius 2 is 1.92 bits per heavy atom. The molecule has 2 amide bonds. The Hall–Kier alpha value is -2.57. The average molecular weight is 376 g/mol. The third kappa shape index (κ3) is 4.29. The number of urea groups is 1. The molecule has 25 heavy (non-hydrogen) atoms. The van der Waals surface area contributed by atoms with E-state index in [1.54, 1.807) is 23.0 Å². The summed E-state index contributed by atoms with van der Waals surface area (Å²) in [6.45, 7) is 1.89. The van der Waals surface area contributed by atoms with E-state index in [1.807, 2.05) is 43.5 Å². The van der Waals surface area contributed by atoms with E-state index in [1.165, 1.54) is 0 Å². The second-order valence-electron chi connectivity index (χ2n) is 5.33. The number of nitrogens with zero attached hydrogens (tertiary/aromatic N) is 3. The van der Waals surface area contributed by atoms with Gasteiger partial charge in [-0.25, -0.2) is 14.5 Å². The molecule has 0 aliphatic rings. The highest BCUT2D eigenvalue weighted by Gasteiger charge is 2.11. The Labute approximate surface area is 154 Å². The van der Waals surface area contributed by atoms with Crippen molar-refractivity contribution in [2.75, 3.05) is 5.32 Å². The lowest BCUT2D eigenvalue weighted by molar-refractivity contribution is 0.249. The first-order valence-corrected chi connectivity index (χ1v) is 8.28. The van der Waals surface area contributed by atoms with Crippen LogP contribution in [0.5, 0.6) is 0 Å². The van der Waals surface area contributed by atoms with Gasteiger partial charge in [0.2, 0.25) is 0 Å². The third-order valence-corrected chi connectivity index (χ3v) is 4.24. The van der Waals surface area contributed by atoms with Gasteiger partial charge in [0.15, 0.2) is 0 Å². The lowest BCUT2D eigenvalue weighted by Gasteiger charge is -2.15. The predicted molar refractivity (Wildman–Crippen MR) is 98.4 cm³/mol. The highest BCUT2D eigenvalue weighted by atomic mass is 35.5. The fraction of sp³-hybridized carbons (Fsp3) is 0.118. The molecule has 0 fully saturated rings. The summed E-state index contributed by atoms with van der Waals surface area (Å²) in [6.07, 6.45) is 3.59. The van der Waals surface area contributed by atoms with Crippen molar-refractivity contribution in [3.8, 4) is 5.69 Å². The molecule has 128 valence electrons.